The van der Waals surface area contributed by atoms with Crippen LogP contribution in [-0.2, 0) is 0 Å². The van der Waals surface area contributed by atoms with Crippen LogP contribution in [0.15, 0.2) is 0 Å². The second kappa shape index (κ2) is 4.92. The van der Waals surface area contributed by atoms with Crippen LogP contribution < -0.4 is 5.32 Å². The van der Waals surface area contributed by atoms with Crippen LogP contribution in [0.3, 0.4) is 0 Å². The number of nitrogens with one attached hydrogen (secondary N) is 1. The summed E-state index contributed by atoms with van der Waals surface area (Å²) >= 11 is 1.66. The highest BCUT2D eigenvalue weighted by Crippen LogP contribution is 2.25. The topological polar surface area (TPSA) is 37.8 Å². The van der Waals surface area contributed by atoms with Crippen LogP contribution in [-0.4, -0.2) is 16.2 Å². The van der Waals surface area contributed by atoms with Gasteiger partial charge in [0.1, 0.15) is 5.01 Å². The van der Waals surface area contributed by atoms with Gasteiger partial charge in [-0.05, 0) is 32.1 Å². The molecule has 2 rings (SSSR count). The van der Waals surface area contributed by atoms with Crippen molar-refractivity contribution in [3.63, 3.8) is 0 Å². The first kappa shape index (κ1) is 10.9. The van der Waals surface area contributed by atoms with Gasteiger partial charge in [0.05, 0.1) is 0 Å². The van der Waals surface area contributed by atoms with Gasteiger partial charge in [0.25, 0.3) is 0 Å². The van der Waals surface area contributed by atoms with E-state index in [0.29, 0.717) is 6.04 Å². The van der Waals surface area contributed by atoms with E-state index in [9.17, 15) is 0 Å². The number of aromatic nitrogens is 2. The highest BCUT2D eigenvalue weighted by molar-refractivity contribution is 7.15. The molecule has 3 nitrogen and oxygen atoms in total. The predicted octanol–water partition coefficient (Wildman–Crippen LogP) is 3.23. The molecular weight excluding hydrogens is 206 g/mol. The Morgan fingerprint density at radius 1 is 1.20 bits per heavy atom. The highest BCUT2D eigenvalue weighted by atomic mass is 32.1. The molecule has 1 heterocycles. The molecule has 0 spiro atoms. The summed E-state index contributed by atoms with van der Waals surface area (Å²) in [5.41, 5.74) is 0. The van der Waals surface area contributed by atoms with Crippen molar-refractivity contribution >= 4 is 16.5 Å². The lowest BCUT2D eigenvalue weighted by atomic mass is 10.0. The van der Waals surface area contributed by atoms with E-state index in [1.54, 1.807) is 11.3 Å². The molecule has 1 aromatic rings. The molecule has 1 saturated carbocycles. The molecule has 0 radical (unpaired) electrons. The molecule has 0 aromatic carbocycles. The van der Waals surface area contributed by atoms with E-state index in [1.807, 2.05) is 6.92 Å². The molecule has 2 unspecified atom stereocenters. The Morgan fingerprint density at radius 2 is 2.07 bits per heavy atom. The largest absolute Gasteiger partial charge is 0.357 e. The highest BCUT2D eigenvalue weighted by Gasteiger charge is 2.16. The van der Waals surface area contributed by atoms with Crippen molar-refractivity contribution in [3.8, 4) is 0 Å². The standard InChI is InChI=1S/C11H19N3S/c1-8-4-3-5-10(7-6-8)12-11-14-13-9(2)15-11/h8,10H,3-7H2,1-2H3,(H,12,14). The minimum Gasteiger partial charge on any atom is -0.357 e. The fourth-order valence-electron chi connectivity index (χ4n) is 2.16. The van der Waals surface area contributed by atoms with Crippen LogP contribution in [0.4, 0.5) is 5.13 Å². The SMILES string of the molecule is Cc1nnc(NC2CCCC(C)CC2)s1. The molecule has 1 aliphatic carbocycles. The summed E-state index contributed by atoms with van der Waals surface area (Å²) in [4.78, 5) is 0. The maximum Gasteiger partial charge on any atom is 0.205 e. The maximum absolute atomic E-state index is 4.12. The molecule has 4 heteroatoms. The number of aryl methyl sites for hydroxylation is 1. The van der Waals surface area contributed by atoms with Crippen LogP contribution in [0, 0.1) is 12.8 Å². The summed E-state index contributed by atoms with van der Waals surface area (Å²) in [6.07, 6.45) is 6.63. The molecule has 15 heavy (non-hydrogen) atoms. The molecule has 0 bridgehead atoms. The fourth-order valence-corrected chi connectivity index (χ4v) is 2.83. The average molecular weight is 225 g/mol. The lowest BCUT2D eigenvalue weighted by Gasteiger charge is -2.14. The van der Waals surface area contributed by atoms with E-state index < -0.39 is 0 Å². The number of hydrogen-bond acceptors (Lipinski definition) is 4. The van der Waals surface area contributed by atoms with Gasteiger partial charge in [0.2, 0.25) is 5.13 Å². The summed E-state index contributed by atoms with van der Waals surface area (Å²) < 4.78 is 0. The zero-order valence-electron chi connectivity index (χ0n) is 9.49. The van der Waals surface area contributed by atoms with Crippen molar-refractivity contribution in [2.24, 2.45) is 5.92 Å². The molecule has 84 valence electrons. The fraction of sp³-hybridized carbons (Fsp3) is 0.818. The van der Waals surface area contributed by atoms with Crippen LogP contribution in [0.2, 0.25) is 0 Å². The van der Waals surface area contributed by atoms with Crippen LogP contribution in [0.25, 0.3) is 0 Å². The molecule has 0 amide bonds. The van der Waals surface area contributed by atoms with Gasteiger partial charge in [-0.15, -0.1) is 10.2 Å². The van der Waals surface area contributed by atoms with Gasteiger partial charge in [-0.25, -0.2) is 0 Å². The molecule has 1 fully saturated rings. The summed E-state index contributed by atoms with van der Waals surface area (Å²) in [5.74, 6) is 0.896. The van der Waals surface area contributed by atoms with E-state index in [2.05, 4.69) is 22.4 Å². The quantitative estimate of drug-likeness (QED) is 0.785. The molecule has 0 aliphatic heterocycles. The van der Waals surface area contributed by atoms with Crippen molar-refractivity contribution in [2.75, 3.05) is 5.32 Å². The number of anilines is 1. The zero-order chi connectivity index (χ0) is 10.7. The Hall–Kier alpha value is -0.640. The Bertz CT molecular complexity index is 311. The number of nitrogens with zero attached hydrogens (tertiary/aromatic N) is 2. The minimum absolute atomic E-state index is 0.613. The number of hydrogen-bond donors (Lipinski definition) is 1. The molecule has 2 atom stereocenters. The van der Waals surface area contributed by atoms with Crippen molar-refractivity contribution in [1.82, 2.24) is 10.2 Å². The molecule has 1 N–H and O–H groups in total. The van der Waals surface area contributed by atoms with E-state index >= 15 is 0 Å². The van der Waals surface area contributed by atoms with E-state index in [-0.39, 0.29) is 0 Å². The van der Waals surface area contributed by atoms with Gasteiger partial charge in [-0.1, -0.05) is 31.1 Å². The number of rotatable bonds is 2. The Labute approximate surface area is 95.3 Å². The second-order valence-corrected chi connectivity index (χ2v) is 5.76. The van der Waals surface area contributed by atoms with Gasteiger partial charge in [-0.3, -0.25) is 0 Å². The van der Waals surface area contributed by atoms with Gasteiger partial charge in [-0.2, -0.15) is 0 Å². The van der Waals surface area contributed by atoms with Crippen molar-refractivity contribution in [2.45, 2.75) is 52.0 Å². The summed E-state index contributed by atoms with van der Waals surface area (Å²) in [6.45, 7) is 4.36. The van der Waals surface area contributed by atoms with E-state index in [0.717, 1.165) is 16.1 Å². The molecule has 0 saturated heterocycles. The third-order valence-corrected chi connectivity index (χ3v) is 3.88. The third-order valence-electron chi connectivity index (χ3n) is 3.11. The average Bonchev–Trinajstić information content (AvgIpc) is 2.48. The maximum atomic E-state index is 4.12. The summed E-state index contributed by atoms with van der Waals surface area (Å²) in [5, 5.41) is 13.7. The predicted molar refractivity (Wildman–Crippen MR) is 64.3 cm³/mol. The van der Waals surface area contributed by atoms with Crippen LogP contribution in [0.1, 0.15) is 44.0 Å². The van der Waals surface area contributed by atoms with E-state index in [1.165, 1.54) is 32.1 Å². The summed E-state index contributed by atoms with van der Waals surface area (Å²) in [6, 6.07) is 0.613. The van der Waals surface area contributed by atoms with Crippen LogP contribution >= 0.6 is 11.3 Å². The summed E-state index contributed by atoms with van der Waals surface area (Å²) in [7, 11) is 0. The first-order chi connectivity index (χ1) is 7.24. The van der Waals surface area contributed by atoms with Crippen molar-refractivity contribution in [3.05, 3.63) is 5.01 Å². The van der Waals surface area contributed by atoms with Gasteiger partial charge >= 0.3 is 0 Å². The lowest BCUT2D eigenvalue weighted by Crippen LogP contribution is -2.18. The van der Waals surface area contributed by atoms with E-state index in [4.69, 9.17) is 0 Å². The molecule has 1 aromatic heterocycles. The van der Waals surface area contributed by atoms with Crippen molar-refractivity contribution in [1.29, 1.82) is 0 Å². The lowest BCUT2D eigenvalue weighted by molar-refractivity contribution is 0.502. The normalized spacial score (nSPS) is 27.3. The zero-order valence-corrected chi connectivity index (χ0v) is 10.3. The smallest absolute Gasteiger partial charge is 0.205 e. The van der Waals surface area contributed by atoms with Gasteiger partial charge in [0.15, 0.2) is 0 Å². The molecular formula is C11H19N3S. The molecule has 1 aliphatic rings. The Balaban J connectivity index is 1.88. The first-order valence-corrected chi connectivity index (χ1v) is 6.62. The van der Waals surface area contributed by atoms with Crippen LogP contribution in [0.5, 0.6) is 0 Å². The Kier molecular flexibility index (Phi) is 3.57. The monoisotopic (exact) mass is 225 g/mol. The Morgan fingerprint density at radius 3 is 2.80 bits per heavy atom. The van der Waals surface area contributed by atoms with Gasteiger partial charge < -0.3 is 5.32 Å². The minimum atomic E-state index is 0.613. The van der Waals surface area contributed by atoms with Crippen molar-refractivity contribution < 1.29 is 0 Å². The second-order valence-electron chi connectivity index (χ2n) is 4.58. The van der Waals surface area contributed by atoms with Gasteiger partial charge in [0, 0.05) is 6.04 Å². The first-order valence-electron chi connectivity index (χ1n) is 5.80. The third kappa shape index (κ3) is 3.16.